The fourth-order valence-corrected chi connectivity index (χ4v) is 9.27. The third kappa shape index (κ3) is 5.88. The van der Waals surface area contributed by atoms with Crippen LogP contribution in [0.4, 0.5) is 4.79 Å². The molecule has 1 saturated carbocycles. The summed E-state index contributed by atoms with van der Waals surface area (Å²) in [5, 5.41) is 0. The van der Waals surface area contributed by atoms with E-state index < -0.39 is 0 Å². The predicted molar refractivity (Wildman–Crippen MR) is 186 cm³/mol. The lowest BCUT2D eigenvalue weighted by atomic mass is 9.54. The number of fused-ring (bicyclic) bond motifs is 2. The topological polar surface area (TPSA) is 85.4 Å². The molecule has 1 saturated heterocycles. The van der Waals surface area contributed by atoms with Crippen LogP contribution in [0.1, 0.15) is 95.7 Å². The molecule has 3 atom stereocenters. The molecule has 0 radical (unpaired) electrons. The molecule has 3 aromatic carbocycles. The molecule has 8 nitrogen and oxygen atoms in total. The molecular weight excluding hydrogens is 672 g/mol. The van der Waals surface area contributed by atoms with E-state index in [2.05, 4.69) is 28.9 Å². The van der Waals surface area contributed by atoms with E-state index in [9.17, 15) is 14.4 Å². The highest BCUT2D eigenvalue weighted by Gasteiger charge is 2.54. The molecule has 2 aliphatic carbocycles. The number of amides is 3. The number of halogens is 1. The Balaban J connectivity index is 1.19. The van der Waals surface area contributed by atoms with Gasteiger partial charge in [0.2, 0.25) is 0 Å². The fraction of sp³-hybridized carbons (Fsp3) is 0.462. The van der Waals surface area contributed by atoms with Gasteiger partial charge < -0.3 is 19.1 Å². The van der Waals surface area contributed by atoms with Crippen LogP contribution in [-0.4, -0.2) is 60.1 Å². The molecule has 48 heavy (non-hydrogen) atoms. The number of imide groups is 1. The van der Waals surface area contributed by atoms with Crippen LogP contribution in [0.25, 0.3) is 0 Å². The number of carbonyl (C=O) groups is 3. The highest BCUT2D eigenvalue weighted by atomic mass is 79.9. The molecule has 2 bridgehead atoms. The Hall–Kier alpha value is -3.85. The molecule has 3 amide bonds. The average Bonchev–Trinajstić information content (AvgIpc) is 3.27. The molecule has 252 valence electrons. The lowest BCUT2D eigenvalue weighted by molar-refractivity contribution is 0.0438. The summed E-state index contributed by atoms with van der Waals surface area (Å²) in [6, 6.07) is 19.0. The van der Waals surface area contributed by atoms with E-state index in [0.29, 0.717) is 48.1 Å². The van der Waals surface area contributed by atoms with Crippen molar-refractivity contribution in [1.82, 2.24) is 9.80 Å². The number of rotatable bonds is 10. The first-order chi connectivity index (χ1) is 23.4. The van der Waals surface area contributed by atoms with Crippen molar-refractivity contribution in [3.8, 4) is 11.5 Å². The Morgan fingerprint density at radius 3 is 2.42 bits per heavy atom. The summed E-state index contributed by atoms with van der Waals surface area (Å²) in [5.74, 6) is 1.02. The Labute approximate surface area is 290 Å². The predicted octanol–water partition coefficient (Wildman–Crippen LogP) is 8.09. The van der Waals surface area contributed by atoms with Crippen molar-refractivity contribution in [3.05, 3.63) is 93.0 Å². The van der Waals surface area contributed by atoms with Gasteiger partial charge in [-0.05, 0) is 95.3 Å². The minimum Gasteiger partial charge on any atom is -0.490 e. The number of unbranched alkanes of at least 4 members (excludes halogenated alkanes) is 1. The number of ether oxygens (including phenoxy) is 3. The molecule has 2 fully saturated rings. The van der Waals surface area contributed by atoms with Crippen LogP contribution in [0, 0.1) is 5.92 Å². The molecule has 3 aromatic rings. The molecule has 7 rings (SSSR count). The third-order valence-corrected chi connectivity index (χ3v) is 11.7. The highest BCUT2D eigenvalue weighted by molar-refractivity contribution is 9.10. The van der Waals surface area contributed by atoms with E-state index in [4.69, 9.17) is 14.2 Å². The van der Waals surface area contributed by atoms with Crippen LogP contribution in [0.3, 0.4) is 0 Å². The number of benzene rings is 3. The summed E-state index contributed by atoms with van der Waals surface area (Å²) in [4.78, 5) is 43.0. The maximum atomic E-state index is 13.8. The molecular formula is C39H43BrN2O6. The van der Waals surface area contributed by atoms with Crippen molar-refractivity contribution in [2.24, 2.45) is 5.92 Å². The monoisotopic (exact) mass is 714 g/mol. The van der Waals surface area contributed by atoms with Crippen LogP contribution in [0.2, 0.25) is 0 Å². The standard InChI is InChI=1S/C39H43BrN2O6/c1-2-3-21-46-33-24-31-29(34(40)35(33)47-22-20-42-36(43)27-14-7-8-15-28(27)37(42)44)23-32-30-16-9-10-17-39(30,31)18-11-19-41(32)38(45)48-25-26-12-5-4-6-13-26/h4-8,12-15,24,30,32H,2-3,9-11,16-23,25H2,1H3/t30?,32-,39-/m0/s1. The Bertz CT molecular complexity index is 1660. The molecule has 0 aromatic heterocycles. The second kappa shape index (κ2) is 13.9. The number of carbonyl (C=O) groups excluding carboxylic acids is 3. The van der Waals surface area contributed by atoms with Crippen LogP contribution in [-0.2, 0) is 23.2 Å². The van der Waals surface area contributed by atoms with Crippen molar-refractivity contribution in [2.45, 2.75) is 82.8 Å². The van der Waals surface area contributed by atoms with E-state index >= 15 is 0 Å². The highest BCUT2D eigenvalue weighted by Crippen LogP contribution is 2.58. The van der Waals surface area contributed by atoms with Gasteiger partial charge in [-0.1, -0.05) is 68.7 Å². The summed E-state index contributed by atoms with van der Waals surface area (Å²) >= 11 is 3.97. The Kier molecular flexibility index (Phi) is 9.49. The van der Waals surface area contributed by atoms with Gasteiger partial charge in [0.1, 0.15) is 13.2 Å². The lowest BCUT2D eigenvalue weighted by Gasteiger charge is -2.52. The minimum atomic E-state index is -0.297. The van der Waals surface area contributed by atoms with E-state index in [-0.39, 0.29) is 49.1 Å². The van der Waals surface area contributed by atoms with Crippen LogP contribution >= 0.6 is 15.9 Å². The number of hydrogen-bond acceptors (Lipinski definition) is 6. The van der Waals surface area contributed by atoms with E-state index in [1.165, 1.54) is 10.5 Å². The first-order valence-electron chi connectivity index (χ1n) is 17.5. The zero-order valence-electron chi connectivity index (χ0n) is 27.5. The molecule has 2 aliphatic heterocycles. The van der Waals surface area contributed by atoms with Crippen molar-refractivity contribution >= 4 is 33.8 Å². The summed E-state index contributed by atoms with van der Waals surface area (Å²) in [5.41, 5.74) is 4.24. The van der Waals surface area contributed by atoms with Gasteiger partial charge in [-0.2, -0.15) is 0 Å². The number of nitrogens with zero attached hydrogens (tertiary/aromatic N) is 2. The van der Waals surface area contributed by atoms with Gasteiger partial charge >= 0.3 is 6.09 Å². The summed E-state index contributed by atoms with van der Waals surface area (Å²) in [6.07, 6.45) is 8.75. The van der Waals surface area contributed by atoms with Gasteiger partial charge in [0.05, 0.1) is 28.8 Å². The lowest BCUT2D eigenvalue weighted by Crippen LogP contribution is -2.54. The number of hydrogen-bond donors (Lipinski definition) is 0. The minimum absolute atomic E-state index is 0.0120. The zero-order chi connectivity index (χ0) is 33.3. The number of likely N-dealkylation sites (tertiary alicyclic amines) is 1. The first-order valence-corrected chi connectivity index (χ1v) is 18.3. The summed E-state index contributed by atoms with van der Waals surface area (Å²) in [7, 11) is 0. The zero-order valence-corrected chi connectivity index (χ0v) is 29.1. The average molecular weight is 716 g/mol. The first kappa shape index (κ1) is 32.7. The quantitative estimate of drug-likeness (QED) is 0.156. The normalized spacial score (nSPS) is 22.8. The van der Waals surface area contributed by atoms with E-state index in [1.54, 1.807) is 24.3 Å². The van der Waals surface area contributed by atoms with Crippen molar-refractivity contribution in [1.29, 1.82) is 0 Å². The van der Waals surface area contributed by atoms with Gasteiger partial charge in [0, 0.05) is 18.0 Å². The van der Waals surface area contributed by atoms with Crippen LogP contribution < -0.4 is 9.47 Å². The van der Waals surface area contributed by atoms with E-state index in [1.807, 2.05) is 35.2 Å². The smallest absolute Gasteiger partial charge is 0.410 e. The molecule has 0 N–H and O–H groups in total. The largest absolute Gasteiger partial charge is 0.490 e. The van der Waals surface area contributed by atoms with Crippen molar-refractivity contribution < 1.29 is 28.6 Å². The maximum Gasteiger partial charge on any atom is 0.410 e. The Morgan fingerprint density at radius 2 is 1.67 bits per heavy atom. The fourth-order valence-electron chi connectivity index (χ4n) is 8.59. The summed E-state index contributed by atoms with van der Waals surface area (Å²) in [6.45, 7) is 3.88. The maximum absolute atomic E-state index is 13.8. The Morgan fingerprint density at radius 1 is 0.938 bits per heavy atom. The van der Waals surface area contributed by atoms with Crippen molar-refractivity contribution in [3.63, 3.8) is 0 Å². The SMILES string of the molecule is CCCCOc1cc2c(c(Br)c1OCCN1C(=O)c3ccccc3C1=O)C[C@H]1C3CCCC[C@@]23CCCN1C(=O)OCc1ccccc1. The van der Waals surface area contributed by atoms with Gasteiger partial charge in [-0.25, -0.2) is 4.79 Å². The van der Waals surface area contributed by atoms with Gasteiger partial charge in [0.25, 0.3) is 11.8 Å². The van der Waals surface area contributed by atoms with Gasteiger partial charge in [-0.3, -0.25) is 14.5 Å². The summed E-state index contributed by atoms with van der Waals surface area (Å²) < 4.78 is 19.6. The molecule has 2 heterocycles. The van der Waals surface area contributed by atoms with Gasteiger partial charge in [-0.15, -0.1) is 0 Å². The third-order valence-electron chi connectivity index (χ3n) is 10.9. The van der Waals surface area contributed by atoms with Gasteiger partial charge in [0.15, 0.2) is 11.5 Å². The van der Waals surface area contributed by atoms with Crippen molar-refractivity contribution in [2.75, 3.05) is 26.3 Å². The molecule has 0 spiro atoms. The molecule has 4 aliphatic rings. The second-order valence-corrected chi connectivity index (χ2v) is 14.3. The molecule has 9 heteroatoms. The molecule has 1 unspecified atom stereocenters. The van der Waals surface area contributed by atoms with E-state index in [0.717, 1.165) is 67.0 Å². The van der Waals surface area contributed by atoms with Crippen LogP contribution in [0.5, 0.6) is 11.5 Å². The second-order valence-electron chi connectivity index (χ2n) is 13.5. The van der Waals surface area contributed by atoms with Crippen LogP contribution in [0.15, 0.2) is 65.1 Å².